The van der Waals surface area contributed by atoms with E-state index in [0.29, 0.717) is 30.3 Å². The van der Waals surface area contributed by atoms with Crippen LogP contribution in [0.3, 0.4) is 0 Å². The molecule has 0 saturated carbocycles. The van der Waals surface area contributed by atoms with E-state index in [1.807, 2.05) is 39.0 Å². The SMILES string of the molecule is Cc1ccc(S(=O)(=O)Nc2ccc(N3CCc4ccccc4C3)c(C(=O)NCC(C)C)c2)cc1. The number of nitrogens with zero attached hydrogens (tertiary/aromatic N) is 1. The van der Waals surface area contributed by atoms with Gasteiger partial charge in [0.15, 0.2) is 0 Å². The summed E-state index contributed by atoms with van der Waals surface area (Å²) in [6.45, 7) is 8.01. The second kappa shape index (κ2) is 9.89. The minimum atomic E-state index is -3.77. The number of fused-ring (bicyclic) bond motifs is 1. The molecule has 0 aliphatic carbocycles. The number of hydrogen-bond acceptors (Lipinski definition) is 4. The zero-order valence-electron chi connectivity index (χ0n) is 19.8. The Kier molecular flexibility index (Phi) is 6.93. The number of hydrogen-bond donors (Lipinski definition) is 2. The van der Waals surface area contributed by atoms with Crippen molar-refractivity contribution in [1.82, 2.24) is 5.32 Å². The highest BCUT2D eigenvalue weighted by Crippen LogP contribution is 2.30. The lowest BCUT2D eigenvalue weighted by atomic mass is 9.98. The molecule has 1 heterocycles. The predicted molar refractivity (Wildman–Crippen MR) is 137 cm³/mol. The molecule has 0 radical (unpaired) electrons. The molecule has 0 bridgehead atoms. The standard InChI is InChI=1S/C27H31N3O3S/c1-19(2)17-28-27(31)25-16-23(29-34(32,33)24-11-8-20(3)9-12-24)10-13-26(25)30-15-14-21-6-4-5-7-22(21)18-30/h4-13,16,19,29H,14-15,17-18H2,1-3H3,(H,28,31). The monoisotopic (exact) mass is 477 g/mol. The normalized spacial score (nSPS) is 13.5. The average Bonchev–Trinajstić information content (AvgIpc) is 2.82. The van der Waals surface area contributed by atoms with Crippen molar-refractivity contribution in [2.24, 2.45) is 5.92 Å². The smallest absolute Gasteiger partial charge is 0.261 e. The Balaban J connectivity index is 1.66. The Hall–Kier alpha value is -3.32. The largest absolute Gasteiger partial charge is 0.366 e. The van der Waals surface area contributed by atoms with Gasteiger partial charge in [0.05, 0.1) is 10.5 Å². The van der Waals surface area contributed by atoms with Crippen molar-refractivity contribution in [3.63, 3.8) is 0 Å². The van der Waals surface area contributed by atoms with E-state index in [1.54, 1.807) is 36.4 Å². The van der Waals surface area contributed by atoms with Crippen LogP contribution < -0.4 is 14.9 Å². The summed E-state index contributed by atoms with van der Waals surface area (Å²) in [5.74, 6) is 0.0939. The molecule has 0 fully saturated rings. The van der Waals surface area contributed by atoms with Crippen LogP contribution >= 0.6 is 0 Å². The van der Waals surface area contributed by atoms with E-state index < -0.39 is 10.0 Å². The molecule has 3 aromatic rings. The number of carbonyl (C=O) groups excluding carboxylic acids is 1. The molecule has 7 heteroatoms. The number of carbonyl (C=O) groups is 1. The number of anilines is 2. The van der Waals surface area contributed by atoms with Crippen LogP contribution in [0.5, 0.6) is 0 Å². The molecule has 3 aromatic carbocycles. The maximum absolute atomic E-state index is 13.2. The Bertz CT molecular complexity index is 1280. The van der Waals surface area contributed by atoms with Crippen molar-refractivity contribution in [1.29, 1.82) is 0 Å². The number of aryl methyl sites for hydroxylation is 1. The van der Waals surface area contributed by atoms with E-state index in [4.69, 9.17) is 0 Å². The molecular weight excluding hydrogens is 446 g/mol. The van der Waals surface area contributed by atoms with Crippen LogP contribution in [0.25, 0.3) is 0 Å². The van der Waals surface area contributed by atoms with Crippen molar-refractivity contribution in [2.75, 3.05) is 22.7 Å². The lowest BCUT2D eigenvalue weighted by Gasteiger charge is -2.32. The number of benzene rings is 3. The van der Waals surface area contributed by atoms with Gasteiger partial charge in [0, 0.05) is 31.0 Å². The van der Waals surface area contributed by atoms with Crippen LogP contribution in [-0.2, 0) is 23.0 Å². The van der Waals surface area contributed by atoms with Crippen molar-refractivity contribution in [3.8, 4) is 0 Å². The van der Waals surface area contributed by atoms with Gasteiger partial charge in [-0.2, -0.15) is 0 Å². The molecule has 34 heavy (non-hydrogen) atoms. The molecule has 0 atom stereocenters. The zero-order chi connectivity index (χ0) is 24.3. The highest BCUT2D eigenvalue weighted by atomic mass is 32.2. The lowest BCUT2D eigenvalue weighted by Crippen LogP contribution is -2.34. The third kappa shape index (κ3) is 5.42. The minimum Gasteiger partial charge on any atom is -0.366 e. The van der Waals surface area contributed by atoms with Gasteiger partial charge in [-0.05, 0) is 60.7 Å². The van der Waals surface area contributed by atoms with Crippen molar-refractivity contribution in [3.05, 3.63) is 89.0 Å². The van der Waals surface area contributed by atoms with Crippen molar-refractivity contribution < 1.29 is 13.2 Å². The van der Waals surface area contributed by atoms with Gasteiger partial charge in [0.2, 0.25) is 0 Å². The van der Waals surface area contributed by atoms with Crippen LogP contribution in [0.2, 0.25) is 0 Å². The first kappa shape index (κ1) is 23.8. The Morgan fingerprint density at radius 1 is 1.00 bits per heavy atom. The topological polar surface area (TPSA) is 78.5 Å². The predicted octanol–water partition coefficient (Wildman–Crippen LogP) is 4.74. The maximum Gasteiger partial charge on any atom is 0.261 e. The molecule has 1 amide bonds. The summed E-state index contributed by atoms with van der Waals surface area (Å²) < 4.78 is 28.5. The van der Waals surface area contributed by atoms with E-state index in [-0.39, 0.29) is 10.8 Å². The molecule has 6 nitrogen and oxygen atoms in total. The summed E-state index contributed by atoms with van der Waals surface area (Å²) in [6, 6.07) is 20.2. The van der Waals surface area contributed by atoms with E-state index in [2.05, 4.69) is 27.1 Å². The van der Waals surface area contributed by atoms with E-state index in [0.717, 1.165) is 24.2 Å². The number of nitrogens with one attached hydrogen (secondary N) is 2. The van der Waals surface area contributed by atoms with Crippen molar-refractivity contribution in [2.45, 2.75) is 38.6 Å². The molecule has 0 aromatic heterocycles. The van der Waals surface area contributed by atoms with Gasteiger partial charge in [-0.15, -0.1) is 0 Å². The van der Waals surface area contributed by atoms with Crippen LogP contribution in [0.1, 0.15) is 40.9 Å². The van der Waals surface area contributed by atoms with Gasteiger partial charge >= 0.3 is 0 Å². The third-order valence-corrected chi connectivity index (χ3v) is 7.36. The Labute approximate surface area is 202 Å². The van der Waals surface area contributed by atoms with Gasteiger partial charge in [-0.3, -0.25) is 9.52 Å². The molecule has 0 saturated heterocycles. The number of rotatable bonds is 7. The Morgan fingerprint density at radius 2 is 1.71 bits per heavy atom. The summed E-state index contributed by atoms with van der Waals surface area (Å²) in [5, 5.41) is 2.98. The second-order valence-corrected chi connectivity index (χ2v) is 10.9. The van der Waals surface area contributed by atoms with Crippen LogP contribution in [-0.4, -0.2) is 27.4 Å². The quantitative estimate of drug-likeness (QED) is 0.515. The molecule has 0 unspecified atom stereocenters. The van der Waals surface area contributed by atoms with Gasteiger partial charge < -0.3 is 10.2 Å². The van der Waals surface area contributed by atoms with E-state index in [1.165, 1.54) is 11.1 Å². The third-order valence-electron chi connectivity index (χ3n) is 5.97. The fraction of sp³-hybridized carbons (Fsp3) is 0.296. The molecule has 4 rings (SSSR count). The zero-order valence-corrected chi connectivity index (χ0v) is 20.7. The van der Waals surface area contributed by atoms with Gasteiger partial charge in [-0.1, -0.05) is 55.8 Å². The van der Waals surface area contributed by atoms with Crippen LogP contribution in [0.15, 0.2) is 71.6 Å². The molecule has 0 spiro atoms. The fourth-order valence-corrected chi connectivity index (χ4v) is 5.13. The summed E-state index contributed by atoms with van der Waals surface area (Å²) in [6.07, 6.45) is 0.894. The first-order chi connectivity index (χ1) is 16.2. The molecule has 178 valence electrons. The summed E-state index contributed by atoms with van der Waals surface area (Å²) >= 11 is 0. The highest BCUT2D eigenvalue weighted by Gasteiger charge is 2.23. The minimum absolute atomic E-state index is 0.181. The number of sulfonamides is 1. The summed E-state index contributed by atoms with van der Waals surface area (Å²) in [5.41, 5.74) is 5.17. The fourth-order valence-electron chi connectivity index (χ4n) is 4.08. The molecule has 1 aliphatic rings. The van der Waals surface area contributed by atoms with Crippen LogP contribution in [0, 0.1) is 12.8 Å². The highest BCUT2D eigenvalue weighted by molar-refractivity contribution is 7.92. The lowest BCUT2D eigenvalue weighted by molar-refractivity contribution is 0.0949. The molecule has 1 aliphatic heterocycles. The second-order valence-electron chi connectivity index (χ2n) is 9.19. The molecule has 2 N–H and O–H groups in total. The van der Waals surface area contributed by atoms with Gasteiger partial charge in [-0.25, -0.2) is 8.42 Å². The first-order valence-electron chi connectivity index (χ1n) is 11.6. The summed E-state index contributed by atoms with van der Waals surface area (Å²) in [4.78, 5) is 15.5. The first-order valence-corrected chi connectivity index (χ1v) is 13.0. The van der Waals surface area contributed by atoms with Gasteiger partial charge in [0.25, 0.3) is 15.9 Å². The Morgan fingerprint density at radius 3 is 2.41 bits per heavy atom. The van der Waals surface area contributed by atoms with Crippen LogP contribution in [0.4, 0.5) is 11.4 Å². The average molecular weight is 478 g/mol. The van der Waals surface area contributed by atoms with E-state index in [9.17, 15) is 13.2 Å². The summed E-state index contributed by atoms with van der Waals surface area (Å²) in [7, 11) is -3.77. The van der Waals surface area contributed by atoms with Crippen molar-refractivity contribution >= 4 is 27.3 Å². The van der Waals surface area contributed by atoms with E-state index >= 15 is 0 Å². The number of amides is 1. The maximum atomic E-state index is 13.2. The van der Waals surface area contributed by atoms with Gasteiger partial charge in [0.1, 0.15) is 0 Å². The molecular formula is C27H31N3O3S.